The Morgan fingerprint density at radius 3 is 2.68 bits per heavy atom. The van der Waals surface area contributed by atoms with Crippen LogP contribution in [0.2, 0.25) is 0 Å². The number of aliphatic hydroxyl groups is 1. The summed E-state index contributed by atoms with van der Waals surface area (Å²) >= 11 is 0. The Kier molecular flexibility index (Phi) is 9.47. The summed E-state index contributed by atoms with van der Waals surface area (Å²) in [5.74, 6) is -0.570. The third-order valence-electron chi connectivity index (χ3n) is 3.71. The van der Waals surface area contributed by atoms with Gasteiger partial charge in [0.25, 0.3) is 0 Å². The number of rotatable bonds is 3. The molecular formula is C18H28O4. The molecule has 1 unspecified atom stereocenters. The molecule has 4 nitrogen and oxygen atoms in total. The zero-order valence-electron chi connectivity index (χ0n) is 13.5. The van der Waals surface area contributed by atoms with Gasteiger partial charge in [0.15, 0.2) is 11.9 Å². The Balaban J connectivity index is 2.72. The van der Waals surface area contributed by atoms with E-state index in [1.165, 1.54) is 12.2 Å². The molecule has 124 valence electrons. The smallest absolute Gasteiger partial charge is 0.306 e. The standard InChI is InChI=1S/C18H28O4/c1-2-3-7-11-17-16(20)14-13-15(19)10-8-5-4-6-9-12-18(21)22-17/h3,7,13-15,17,19H,2,4-6,8-12H2,1H3/b7-3-,14-13+/t15-,17?/m0/s1. The lowest BCUT2D eigenvalue weighted by Crippen LogP contribution is -2.26. The van der Waals surface area contributed by atoms with Gasteiger partial charge in [-0.05, 0) is 25.3 Å². The molecule has 0 saturated carbocycles. The zero-order chi connectivity index (χ0) is 16.2. The summed E-state index contributed by atoms with van der Waals surface area (Å²) in [6.07, 6.45) is 12.4. The number of aliphatic hydroxyl groups excluding tert-OH is 1. The number of carbonyl (C=O) groups is 2. The van der Waals surface area contributed by atoms with E-state index in [2.05, 4.69) is 0 Å². The van der Waals surface area contributed by atoms with Crippen LogP contribution in [0, 0.1) is 0 Å². The molecule has 1 heterocycles. The fourth-order valence-corrected chi connectivity index (χ4v) is 2.39. The molecule has 0 bridgehead atoms. The Bertz CT molecular complexity index is 398. The highest BCUT2D eigenvalue weighted by Gasteiger charge is 2.20. The monoisotopic (exact) mass is 308 g/mol. The predicted molar refractivity (Wildman–Crippen MR) is 86.4 cm³/mol. The number of carbonyl (C=O) groups excluding carboxylic acids is 2. The van der Waals surface area contributed by atoms with Gasteiger partial charge in [-0.15, -0.1) is 0 Å². The van der Waals surface area contributed by atoms with Gasteiger partial charge in [-0.1, -0.05) is 50.8 Å². The van der Waals surface area contributed by atoms with Gasteiger partial charge in [-0.3, -0.25) is 9.59 Å². The van der Waals surface area contributed by atoms with Gasteiger partial charge in [0, 0.05) is 12.8 Å². The van der Waals surface area contributed by atoms with E-state index in [0.717, 1.165) is 38.5 Å². The zero-order valence-corrected chi connectivity index (χ0v) is 13.5. The summed E-state index contributed by atoms with van der Waals surface area (Å²) in [6.45, 7) is 2.01. The summed E-state index contributed by atoms with van der Waals surface area (Å²) < 4.78 is 5.32. The fraction of sp³-hybridized carbons (Fsp3) is 0.667. The number of ketones is 1. The average molecular weight is 308 g/mol. The van der Waals surface area contributed by atoms with Crippen LogP contribution in [-0.4, -0.2) is 29.1 Å². The Morgan fingerprint density at radius 1 is 1.18 bits per heavy atom. The van der Waals surface area contributed by atoms with E-state index in [1.807, 2.05) is 19.1 Å². The van der Waals surface area contributed by atoms with Crippen LogP contribution in [-0.2, 0) is 14.3 Å². The number of cyclic esters (lactones) is 1. The molecule has 1 aliphatic rings. The Labute approximate surface area is 133 Å². The second-order valence-corrected chi connectivity index (χ2v) is 5.73. The highest BCUT2D eigenvalue weighted by molar-refractivity contribution is 5.95. The summed E-state index contributed by atoms with van der Waals surface area (Å²) in [7, 11) is 0. The highest BCUT2D eigenvalue weighted by atomic mass is 16.5. The van der Waals surface area contributed by atoms with Gasteiger partial charge in [0.1, 0.15) is 0 Å². The maximum atomic E-state index is 12.2. The third-order valence-corrected chi connectivity index (χ3v) is 3.71. The molecule has 0 fully saturated rings. The fourth-order valence-electron chi connectivity index (χ4n) is 2.39. The van der Waals surface area contributed by atoms with E-state index in [0.29, 0.717) is 19.3 Å². The molecule has 1 aliphatic heterocycles. The van der Waals surface area contributed by atoms with E-state index >= 15 is 0 Å². The summed E-state index contributed by atoms with van der Waals surface area (Å²) in [5.41, 5.74) is 0. The number of ether oxygens (including phenoxy) is 1. The third kappa shape index (κ3) is 8.13. The first-order chi connectivity index (χ1) is 10.6. The molecular weight excluding hydrogens is 280 g/mol. The maximum absolute atomic E-state index is 12.2. The number of hydrogen-bond acceptors (Lipinski definition) is 4. The lowest BCUT2D eigenvalue weighted by atomic mass is 10.0. The number of esters is 1. The van der Waals surface area contributed by atoms with Crippen molar-refractivity contribution in [3.63, 3.8) is 0 Å². The minimum Gasteiger partial charge on any atom is -0.454 e. The second-order valence-electron chi connectivity index (χ2n) is 5.73. The second kappa shape index (κ2) is 11.2. The molecule has 1 rings (SSSR count). The minimum absolute atomic E-state index is 0.259. The molecule has 0 aromatic rings. The molecule has 0 spiro atoms. The molecule has 22 heavy (non-hydrogen) atoms. The summed E-state index contributed by atoms with van der Waals surface area (Å²) in [6, 6.07) is 0. The van der Waals surface area contributed by atoms with Crippen molar-refractivity contribution < 1.29 is 19.4 Å². The van der Waals surface area contributed by atoms with E-state index in [1.54, 1.807) is 0 Å². The van der Waals surface area contributed by atoms with E-state index < -0.39 is 12.2 Å². The molecule has 0 radical (unpaired) electrons. The molecule has 0 amide bonds. The Hall–Kier alpha value is -1.42. The largest absolute Gasteiger partial charge is 0.454 e. The number of allylic oxidation sites excluding steroid dienone is 1. The SMILES string of the molecule is CC/C=C\CC1OC(=O)CCCCCCC[C@H](O)/C=C/C1=O. The van der Waals surface area contributed by atoms with Crippen molar-refractivity contribution in [2.75, 3.05) is 0 Å². The quantitative estimate of drug-likeness (QED) is 0.640. The van der Waals surface area contributed by atoms with E-state index in [4.69, 9.17) is 4.74 Å². The van der Waals surface area contributed by atoms with Crippen molar-refractivity contribution in [1.82, 2.24) is 0 Å². The van der Waals surface area contributed by atoms with Crippen LogP contribution in [0.1, 0.15) is 64.7 Å². The molecule has 0 aromatic carbocycles. The van der Waals surface area contributed by atoms with Gasteiger partial charge in [0.2, 0.25) is 0 Å². The normalized spacial score (nSPS) is 27.4. The van der Waals surface area contributed by atoms with Gasteiger partial charge < -0.3 is 9.84 Å². The van der Waals surface area contributed by atoms with Crippen LogP contribution in [0.5, 0.6) is 0 Å². The maximum Gasteiger partial charge on any atom is 0.306 e. The first-order valence-electron chi connectivity index (χ1n) is 8.38. The molecule has 0 saturated heterocycles. The lowest BCUT2D eigenvalue weighted by Gasteiger charge is -2.14. The van der Waals surface area contributed by atoms with Gasteiger partial charge in [-0.2, -0.15) is 0 Å². The molecule has 2 atom stereocenters. The van der Waals surface area contributed by atoms with E-state index in [-0.39, 0.29) is 11.8 Å². The van der Waals surface area contributed by atoms with Crippen molar-refractivity contribution in [3.05, 3.63) is 24.3 Å². The summed E-state index contributed by atoms with van der Waals surface area (Å²) in [4.78, 5) is 24.0. The van der Waals surface area contributed by atoms with Crippen LogP contribution in [0.3, 0.4) is 0 Å². The molecule has 1 N–H and O–H groups in total. The van der Waals surface area contributed by atoms with Crippen LogP contribution < -0.4 is 0 Å². The van der Waals surface area contributed by atoms with Gasteiger partial charge >= 0.3 is 5.97 Å². The predicted octanol–water partition coefficient (Wildman–Crippen LogP) is 3.49. The van der Waals surface area contributed by atoms with Crippen LogP contribution >= 0.6 is 0 Å². The first-order valence-corrected chi connectivity index (χ1v) is 8.38. The Morgan fingerprint density at radius 2 is 1.91 bits per heavy atom. The van der Waals surface area contributed by atoms with Gasteiger partial charge in [0.05, 0.1) is 6.10 Å². The van der Waals surface area contributed by atoms with Crippen molar-refractivity contribution >= 4 is 11.8 Å². The number of hydrogen-bond donors (Lipinski definition) is 1. The molecule has 4 heteroatoms. The van der Waals surface area contributed by atoms with Crippen molar-refractivity contribution in [2.24, 2.45) is 0 Å². The van der Waals surface area contributed by atoms with Crippen LogP contribution in [0.4, 0.5) is 0 Å². The van der Waals surface area contributed by atoms with Crippen molar-refractivity contribution in [2.45, 2.75) is 76.9 Å². The molecule has 0 aromatic heterocycles. The van der Waals surface area contributed by atoms with Crippen LogP contribution in [0.25, 0.3) is 0 Å². The van der Waals surface area contributed by atoms with Crippen molar-refractivity contribution in [3.8, 4) is 0 Å². The average Bonchev–Trinajstić information content (AvgIpc) is 2.50. The van der Waals surface area contributed by atoms with E-state index in [9.17, 15) is 14.7 Å². The van der Waals surface area contributed by atoms with Gasteiger partial charge in [-0.25, -0.2) is 0 Å². The summed E-state index contributed by atoms with van der Waals surface area (Å²) in [5, 5.41) is 9.83. The minimum atomic E-state index is -0.776. The van der Waals surface area contributed by atoms with Crippen molar-refractivity contribution in [1.29, 1.82) is 0 Å². The highest BCUT2D eigenvalue weighted by Crippen LogP contribution is 2.13. The molecule has 0 aliphatic carbocycles. The first kappa shape index (κ1) is 18.6. The topological polar surface area (TPSA) is 63.6 Å². The van der Waals surface area contributed by atoms with Crippen LogP contribution in [0.15, 0.2) is 24.3 Å². The lowest BCUT2D eigenvalue weighted by molar-refractivity contribution is -0.153.